The van der Waals surface area contributed by atoms with Gasteiger partial charge in [0, 0.05) is 32.9 Å². The molecule has 0 saturated heterocycles. The molecule has 2 amide bonds. The van der Waals surface area contributed by atoms with Crippen LogP contribution >= 0.6 is 22.9 Å². The molecule has 11 heteroatoms. The monoisotopic (exact) mass is 599 g/mol. The average Bonchev–Trinajstić information content (AvgIpc) is 3.47. The van der Waals surface area contributed by atoms with Crippen LogP contribution in [0.1, 0.15) is 15.9 Å². The number of rotatable bonds is 10. The van der Waals surface area contributed by atoms with Gasteiger partial charge >= 0.3 is 0 Å². The molecule has 0 aliphatic heterocycles. The molecular formula is C31H23ClFN5O3S. The van der Waals surface area contributed by atoms with Crippen LogP contribution in [0.4, 0.5) is 20.9 Å². The highest BCUT2D eigenvalue weighted by atomic mass is 35.5. The van der Waals surface area contributed by atoms with E-state index in [1.807, 2.05) is 41.8 Å². The predicted molar refractivity (Wildman–Crippen MR) is 164 cm³/mol. The number of thiazole rings is 1. The van der Waals surface area contributed by atoms with Crippen LogP contribution in [0, 0.1) is 5.82 Å². The quantitative estimate of drug-likeness (QED) is 0.117. The van der Waals surface area contributed by atoms with Gasteiger partial charge in [-0.05, 0) is 90.5 Å². The molecule has 42 heavy (non-hydrogen) atoms. The van der Waals surface area contributed by atoms with Crippen LogP contribution in [0.5, 0.6) is 5.75 Å². The molecule has 5 aromatic rings. The van der Waals surface area contributed by atoms with Crippen molar-refractivity contribution in [2.24, 2.45) is 5.10 Å². The molecule has 0 radical (unpaired) electrons. The van der Waals surface area contributed by atoms with Crippen LogP contribution in [-0.2, 0) is 4.79 Å². The third-order valence-corrected chi connectivity index (χ3v) is 6.81. The number of benzene rings is 4. The van der Waals surface area contributed by atoms with E-state index in [2.05, 4.69) is 26.1 Å². The van der Waals surface area contributed by atoms with Crippen LogP contribution in [0.15, 0.2) is 108 Å². The van der Waals surface area contributed by atoms with Gasteiger partial charge in [0.25, 0.3) is 11.8 Å². The molecule has 0 saturated carbocycles. The Morgan fingerprint density at radius 3 is 2.31 bits per heavy atom. The number of hydrogen-bond donors (Lipinski definition) is 3. The van der Waals surface area contributed by atoms with E-state index in [0.717, 1.165) is 27.6 Å². The third-order valence-electron chi connectivity index (χ3n) is 5.80. The van der Waals surface area contributed by atoms with Gasteiger partial charge in [-0.1, -0.05) is 23.7 Å². The molecular weight excluding hydrogens is 577 g/mol. The summed E-state index contributed by atoms with van der Waals surface area (Å²) >= 11 is 7.41. The van der Waals surface area contributed by atoms with Crippen LogP contribution in [0.25, 0.3) is 11.3 Å². The van der Waals surface area contributed by atoms with Gasteiger partial charge in [-0.3, -0.25) is 9.59 Å². The van der Waals surface area contributed by atoms with Crippen molar-refractivity contribution in [3.05, 3.63) is 124 Å². The summed E-state index contributed by atoms with van der Waals surface area (Å²) in [7, 11) is 0. The number of anilines is 3. The first-order valence-electron chi connectivity index (χ1n) is 12.6. The van der Waals surface area contributed by atoms with E-state index in [9.17, 15) is 14.0 Å². The van der Waals surface area contributed by atoms with Gasteiger partial charge in [0.1, 0.15) is 11.6 Å². The fraction of sp³-hybridized carbons (Fsp3) is 0.0323. The second kappa shape index (κ2) is 13.5. The largest absolute Gasteiger partial charge is 0.484 e. The summed E-state index contributed by atoms with van der Waals surface area (Å²) in [5.74, 6) is -0.620. The zero-order valence-electron chi connectivity index (χ0n) is 21.9. The molecule has 210 valence electrons. The van der Waals surface area contributed by atoms with Crippen molar-refractivity contribution in [3.8, 4) is 17.0 Å². The molecule has 5 rings (SSSR count). The van der Waals surface area contributed by atoms with Crippen molar-refractivity contribution < 1.29 is 18.7 Å². The minimum atomic E-state index is -0.382. The smallest absolute Gasteiger partial charge is 0.271 e. The number of amides is 2. The zero-order chi connectivity index (χ0) is 29.3. The van der Waals surface area contributed by atoms with E-state index >= 15 is 0 Å². The summed E-state index contributed by atoms with van der Waals surface area (Å²) < 4.78 is 18.5. The van der Waals surface area contributed by atoms with E-state index in [4.69, 9.17) is 16.3 Å². The summed E-state index contributed by atoms with van der Waals surface area (Å²) in [6, 6.07) is 26.8. The summed E-state index contributed by atoms with van der Waals surface area (Å²) in [6.45, 7) is -0.205. The molecule has 0 aliphatic rings. The lowest BCUT2D eigenvalue weighted by Crippen LogP contribution is -2.20. The number of nitrogens with one attached hydrogen (secondary N) is 3. The van der Waals surface area contributed by atoms with Crippen molar-refractivity contribution in [1.82, 2.24) is 10.4 Å². The van der Waals surface area contributed by atoms with Gasteiger partial charge in [-0.25, -0.2) is 14.8 Å². The fourth-order valence-corrected chi connectivity index (χ4v) is 4.54. The van der Waals surface area contributed by atoms with E-state index in [-0.39, 0.29) is 24.2 Å². The first-order chi connectivity index (χ1) is 20.4. The first-order valence-corrected chi connectivity index (χ1v) is 13.9. The molecule has 3 N–H and O–H groups in total. The number of nitrogens with zero attached hydrogens (tertiary/aromatic N) is 2. The highest BCUT2D eigenvalue weighted by Crippen LogP contribution is 2.28. The van der Waals surface area contributed by atoms with Gasteiger partial charge in [0.05, 0.1) is 11.9 Å². The van der Waals surface area contributed by atoms with Crippen LogP contribution in [0.2, 0.25) is 5.02 Å². The van der Waals surface area contributed by atoms with Crippen LogP contribution in [-0.4, -0.2) is 29.6 Å². The van der Waals surface area contributed by atoms with Crippen molar-refractivity contribution in [1.29, 1.82) is 0 Å². The summed E-state index contributed by atoms with van der Waals surface area (Å²) in [5.41, 5.74) is 6.73. The van der Waals surface area contributed by atoms with Crippen LogP contribution in [0.3, 0.4) is 0 Å². The highest BCUT2D eigenvalue weighted by Gasteiger charge is 2.09. The van der Waals surface area contributed by atoms with E-state index < -0.39 is 0 Å². The van der Waals surface area contributed by atoms with Gasteiger partial charge in [0.2, 0.25) is 0 Å². The topological polar surface area (TPSA) is 105 Å². The SMILES string of the molecule is O=C(COc1ccc(/C=N\NC(=O)c2ccc(-c3csc(Nc4ccc(Cl)cc4)n3)cc2)cc1)Nc1ccc(F)cc1. The zero-order valence-corrected chi connectivity index (χ0v) is 23.5. The Balaban J connectivity index is 1.08. The summed E-state index contributed by atoms with van der Waals surface area (Å²) in [4.78, 5) is 29.2. The predicted octanol–water partition coefficient (Wildman–Crippen LogP) is 7.13. The Bertz CT molecular complexity index is 1690. The second-order valence-electron chi connectivity index (χ2n) is 8.86. The standard InChI is InChI=1S/C31H23ClFN5O3S/c32-23-7-11-26(12-8-23)36-31-37-28(19-42-31)21-3-5-22(6-4-21)30(40)38-34-17-20-1-15-27(16-2-20)41-18-29(39)35-25-13-9-24(33)10-14-25/h1-17,19H,18H2,(H,35,39)(H,36,37)(H,38,40)/b34-17-. The normalized spacial score (nSPS) is 10.8. The Labute approximate surface area is 249 Å². The number of carbonyl (C=O) groups is 2. The number of aromatic nitrogens is 1. The lowest BCUT2D eigenvalue weighted by atomic mass is 10.1. The maximum atomic E-state index is 13.0. The Morgan fingerprint density at radius 1 is 0.905 bits per heavy atom. The summed E-state index contributed by atoms with van der Waals surface area (Å²) in [6.07, 6.45) is 1.50. The fourth-order valence-electron chi connectivity index (χ4n) is 3.67. The number of ether oxygens (including phenoxy) is 1. The van der Waals surface area contributed by atoms with Crippen molar-refractivity contribution >= 4 is 57.5 Å². The number of carbonyl (C=O) groups excluding carboxylic acids is 2. The Hall–Kier alpha value is -5.06. The van der Waals surface area contributed by atoms with Gasteiger partial charge in [-0.2, -0.15) is 5.10 Å². The molecule has 0 bridgehead atoms. The molecule has 0 fully saturated rings. The maximum Gasteiger partial charge on any atom is 0.271 e. The Kier molecular flexibility index (Phi) is 9.17. The van der Waals surface area contributed by atoms with Gasteiger partial charge in [0.15, 0.2) is 11.7 Å². The molecule has 0 unspecified atom stereocenters. The minimum absolute atomic E-state index is 0.205. The van der Waals surface area contributed by atoms with Crippen molar-refractivity contribution in [2.75, 3.05) is 17.2 Å². The average molecular weight is 600 g/mol. The molecule has 8 nitrogen and oxygen atoms in total. The van der Waals surface area contributed by atoms with E-state index in [1.165, 1.54) is 41.8 Å². The third kappa shape index (κ3) is 8.00. The lowest BCUT2D eigenvalue weighted by Gasteiger charge is -2.07. The Morgan fingerprint density at radius 2 is 1.60 bits per heavy atom. The first kappa shape index (κ1) is 28.5. The van der Waals surface area contributed by atoms with Crippen molar-refractivity contribution in [2.45, 2.75) is 0 Å². The number of hydrogen-bond acceptors (Lipinski definition) is 7. The number of halogens is 2. The van der Waals surface area contributed by atoms with Gasteiger partial charge < -0.3 is 15.4 Å². The van der Waals surface area contributed by atoms with Crippen molar-refractivity contribution in [3.63, 3.8) is 0 Å². The minimum Gasteiger partial charge on any atom is -0.484 e. The lowest BCUT2D eigenvalue weighted by molar-refractivity contribution is -0.118. The molecule has 4 aromatic carbocycles. The molecule has 0 aliphatic carbocycles. The van der Waals surface area contributed by atoms with Gasteiger partial charge in [-0.15, -0.1) is 11.3 Å². The molecule has 1 heterocycles. The molecule has 0 spiro atoms. The molecule has 0 atom stereocenters. The van der Waals surface area contributed by atoms with E-state index in [0.29, 0.717) is 22.0 Å². The molecule has 1 aromatic heterocycles. The van der Waals surface area contributed by atoms with E-state index in [1.54, 1.807) is 36.4 Å². The summed E-state index contributed by atoms with van der Waals surface area (Å²) in [5, 5.41) is 13.2. The number of hydrazone groups is 1. The highest BCUT2D eigenvalue weighted by molar-refractivity contribution is 7.14. The second-order valence-corrected chi connectivity index (χ2v) is 10.2. The maximum absolute atomic E-state index is 13.0. The van der Waals surface area contributed by atoms with Crippen LogP contribution < -0.4 is 20.8 Å².